The van der Waals surface area contributed by atoms with Crippen LogP contribution in [0.15, 0.2) is 41.8 Å². The first kappa shape index (κ1) is 17.8. The van der Waals surface area contributed by atoms with Crippen LogP contribution in [0.2, 0.25) is 0 Å². The van der Waals surface area contributed by atoms with Crippen molar-refractivity contribution in [2.75, 3.05) is 38.2 Å². The molecule has 1 saturated heterocycles. The van der Waals surface area contributed by atoms with E-state index >= 15 is 0 Å². The van der Waals surface area contributed by atoms with Crippen molar-refractivity contribution in [3.05, 3.63) is 46.7 Å². The number of methoxy groups -OCH3 is 1. The van der Waals surface area contributed by atoms with Crippen LogP contribution in [0.3, 0.4) is 0 Å². The molecule has 2 heterocycles. The van der Waals surface area contributed by atoms with E-state index in [1.165, 1.54) is 10.6 Å². The van der Waals surface area contributed by atoms with Gasteiger partial charge in [-0.15, -0.1) is 11.3 Å². The zero-order valence-corrected chi connectivity index (χ0v) is 15.6. The fraction of sp³-hybridized carbons (Fsp3) is 0.421. The minimum Gasteiger partial charge on any atom is -0.497 e. The monoisotopic (exact) mass is 359 g/mol. The van der Waals surface area contributed by atoms with Crippen molar-refractivity contribution in [1.82, 2.24) is 10.2 Å². The summed E-state index contributed by atoms with van der Waals surface area (Å²) >= 11 is 1.67. The zero-order chi connectivity index (χ0) is 17.6. The molecule has 0 saturated carbocycles. The molecule has 1 aromatic heterocycles. The highest BCUT2D eigenvalue weighted by molar-refractivity contribution is 7.09. The highest BCUT2D eigenvalue weighted by Gasteiger charge is 2.25. The molecule has 1 N–H and O–H groups in total. The average molecular weight is 359 g/mol. The molecule has 134 valence electrons. The molecule has 0 spiro atoms. The van der Waals surface area contributed by atoms with Gasteiger partial charge in [0.25, 0.3) is 0 Å². The second kappa shape index (κ2) is 8.36. The molecule has 6 heteroatoms. The predicted octanol–water partition coefficient (Wildman–Crippen LogP) is 2.58. The Hall–Kier alpha value is -2.05. The van der Waals surface area contributed by atoms with Crippen LogP contribution in [0.5, 0.6) is 5.75 Å². The number of carbonyl (C=O) groups excluding carboxylic acids is 1. The fourth-order valence-electron chi connectivity index (χ4n) is 3.06. The highest BCUT2D eigenvalue weighted by atomic mass is 32.1. The van der Waals surface area contributed by atoms with Crippen LogP contribution in [0.1, 0.15) is 11.8 Å². The minimum atomic E-state index is -0.0991. The summed E-state index contributed by atoms with van der Waals surface area (Å²) in [5.74, 6) is 0.977. The van der Waals surface area contributed by atoms with E-state index in [2.05, 4.69) is 27.2 Å². The van der Waals surface area contributed by atoms with Gasteiger partial charge >= 0.3 is 0 Å². The van der Waals surface area contributed by atoms with Gasteiger partial charge in [-0.1, -0.05) is 6.07 Å². The van der Waals surface area contributed by atoms with E-state index in [0.717, 1.165) is 31.9 Å². The number of anilines is 1. The number of amides is 1. The van der Waals surface area contributed by atoms with Gasteiger partial charge in [-0.3, -0.25) is 9.69 Å². The maximum Gasteiger partial charge on any atom is 0.237 e. The zero-order valence-electron chi connectivity index (χ0n) is 14.8. The molecule has 1 aliphatic heterocycles. The van der Waals surface area contributed by atoms with Crippen molar-refractivity contribution in [2.24, 2.45) is 0 Å². The standard InChI is InChI=1S/C19H25N3O2S/c1-15(19(23)20-14-18-4-3-13-25-18)21-9-11-22(12-10-21)16-5-7-17(24-2)8-6-16/h3-8,13,15H,9-12,14H2,1-2H3,(H,20,23)/t15-/m0/s1. The van der Waals surface area contributed by atoms with E-state index in [9.17, 15) is 4.79 Å². The first-order valence-electron chi connectivity index (χ1n) is 8.60. The van der Waals surface area contributed by atoms with Crippen LogP contribution >= 0.6 is 11.3 Å². The van der Waals surface area contributed by atoms with Crippen molar-refractivity contribution in [1.29, 1.82) is 0 Å². The molecule has 0 radical (unpaired) electrons. The average Bonchev–Trinajstić information content (AvgIpc) is 3.19. The van der Waals surface area contributed by atoms with E-state index < -0.39 is 0 Å². The van der Waals surface area contributed by atoms with Crippen molar-refractivity contribution < 1.29 is 9.53 Å². The van der Waals surface area contributed by atoms with Gasteiger partial charge < -0.3 is 15.0 Å². The number of nitrogens with one attached hydrogen (secondary N) is 1. The lowest BCUT2D eigenvalue weighted by Crippen LogP contribution is -2.53. The molecular weight excluding hydrogens is 334 g/mol. The van der Waals surface area contributed by atoms with Gasteiger partial charge in [-0.2, -0.15) is 0 Å². The van der Waals surface area contributed by atoms with Gasteiger partial charge in [-0.25, -0.2) is 0 Å². The van der Waals surface area contributed by atoms with Gasteiger partial charge in [-0.05, 0) is 42.6 Å². The van der Waals surface area contributed by atoms with E-state index in [4.69, 9.17) is 4.74 Å². The lowest BCUT2D eigenvalue weighted by atomic mass is 10.2. The Morgan fingerprint density at radius 3 is 2.52 bits per heavy atom. The normalized spacial score (nSPS) is 16.5. The molecule has 1 amide bonds. The Bertz CT molecular complexity index is 664. The maximum absolute atomic E-state index is 12.4. The van der Waals surface area contributed by atoms with Crippen LogP contribution < -0.4 is 15.0 Å². The molecule has 0 bridgehead atoms. The Morgan fingerprint density at radius 1 is 1.20 bits per heavy atom. The first-order valence-corrected chi connectivity index (χ1v) is 9.48. The molecular formula is C19H25N3O2S. The van der Waals surface area contributed by atoms with Gasteiger partial charge in [0.15, 0.2) is 0 Å². The second-order valence-electron chi connectivity index (χ2n) is 6.19. The fourth-order valence-corrected chi connectivity index (χ4v) is 3.71. The highest BCUT2D eigenvalue weighted by Crippen LogP contribution is 2.21. The number of piperazine rings is 1. The number of hydrogen-bond acceptors (Lipinski definition) is 5. The molecule has 1 aromatic carbocycles. The van der Waals surface area contributed by atoms with Crippen molar-refractivity contribution in [3.8, 4) is 5.75 Å². The number of rotatable bonds is 6. The third-order valence-electron chi connectivity index (χ3n) is 4.70. The Balaban J connectivity index is 1.48. The van der Waals surface area contributed by atoms with Gasteiger partial charge in [0.05, 0.1) is 19.7 Å². The lowest BCUT2D eigenvalue weighted by molar-refractivity contribution is -0.126. The van der Waals surface area contributed by atoms with Crippen molar-refractivity contribution >= 4 is 22.9 Å². The quantitative estimate of drug-likeness (QED) is 0.861. The van der Waals surface area contributed by atoms with Crippen LogP contribution in [0, 0.1) is 0 Å². The lowest BCUT2D eigenvalue weighted by Gasteiger charge is -2.38. The number of carbonyl (C=O) groups is 1. The van der Waals surface area contributed by atoms with Crippen LogP contribution in [-0.4, -0.2) is 50.1 Å². The first-order chi connectivity index (χ1) is 12.2. The Kier molecular flexibility index (Phi) is 5.94. The number of nitrogens with zero attached hydrogens (tertiary/aromatic N) is 2. The topological polar surface area (TPSA) is 44.8 Å². The summed E-state index contributed by atoms with van der Waals surface area (Å²) in [6.45, 7) is 6.24. The van der Waals surface area contributed by atoms with Crippen LogP contribution in [0.25, 0.3) is 0 Å². The molecule has 2 aromatic rings. The second-order valence-corrected chi connectivity index (χ2v) is 7.23. The number of hydrogen-bond donors (Lipinski definition) is 1. The smallest absolute Gasteiger partial charge is 0.237 e. The number of thiophene rings is 1. The minimum absolute atomic E-state index is 0.0991. The summed E-state index contributed by atoms with van der Waals surface area (Å²) < 4.78 is 5.21. The molecule has 25 heavy (non-hydrogen) atoms. The molecule has 1 atom stereocenters. The van der Waals surface area contributed by atoms with Crippen molar-refractivity contribution in [2.45, 2.75) is 19.5 Å². The molecule has 1 aliphatic rings. The summed E-state index contributed by atoms with van der Waals surface area (Å²) in [4.78, 5) is 18.2. The number of benzene rings is 1. The molecule has 0 aliphatic carbocycles. The molecule has 0 unspecified atom stereocenters. The molecule has 1 fully saturated rings. The summed E-state index contributed by atoms with van der Waals surface area (Å²) in [5, 5.41) is 5.07. The van der Waals surface area contributed by atoms with Gasteiger partial charge in [0, 0.05) is 36.7 Å². The maximum atomic E-state index is 12.4. The summed E-state index contributed by atoms with van der Waals surface area (Å²) in [6.07, 6.45) is 0. The number of ether oxygens (including phenoxy) is 1. The predicted molar refractivity (Wildman–Crippen MR) is 102 cm³/mol. The largest absolute Gasteiger partial charge is 0.497 e. The molecule has 3 rings (SSSR count). The van der Waals surface area contributed by atoms with E-state index in [0.29, 0.717) is 6.54 Å². The third kappa shape index (κ3) is 4.52. The van der Waals surface area contributed by atoms with Crippen molar-refractivity contribution in [3.63, 3.8) is 0 Å². The van der Waals surface area contributed by atoms with E-state index in [1.54, 1.807) is 18.4 Å². The summed E-state index contributed by atoms with van der Waals surface area (Å²) in [5.41, 5.74) is 1.20. The molecule has 5 nitrogen and oxygen atoms in total. The van der Waals surface area contributed by atoms with Crippen LogP contribution in [0.4, 0.5) is 5.69 Å². The van der Waals surface area contributed by atoms with Gasteiger partial charge in [0.2, 0.25) is 5.91 Å². The van der Waals surface area contributed by atoms with Crippen LogP contribution in [-0.2, 0) is 11.3 Å². The summed E-state index contributed by atoms with van der Waals surface area (Å²) in [6, 6.07) is 12.1. The van der Waals surface area contributed by atoms with E-state index in [-0.39, 0.29) is 11.9 Å². The Morgan fingerprint density at radius 2 is 1.92 bits per heavy atom. The Labute approximate surface area is 153 Å². The SMILES string of the molecule is COc1ccc(N2CCN([C@@H](C)C(=O)NCc3cccs3)CC2)cc1. The third-order valence-corrected chi connectivity index (χ3v) is 5.57. The van der Waals surface area contributed by atoms with Gasteiger partial charge in [0.1, 0.15) is 5.75 Å². The summed E-state index contributed by atoms with van der Waals surface area (Å²) in [7, 11) is 1.68. The van der Waals surface area contributed by atoms with E-state index in [1.807, 2.05) is 36.6 Å².